The molecule has 3 nitrogen and oxygen atoms in total. The van der Waals surface area contributed by atoms with Crippen LogP contribution < -0.4 is 10.5 Å². The summed E-state index contributed by atoms with van der Waals surface area (Å²) in [5, 5.41) is 0.107. The standard InChI is InChI=1S/C15H16ClFN2O/c1-10(18)6-12-3-4-13(8-19-12)20-9-11-2-5-14(16)15(17)7-11/h2-5,7-8,10H,6,9,18H2,1H3. The Labute approximate surface area is 122 Å². The van der Waals surface area contributed by atoms with E-state index in [0.29, 0.717) is 11.3 Å². The molecule has 0 amide bonds. The van der Waals surface area contributed by atoms with Crippen LogP contribution in [-0.2, 0) is 13.0 Å². The Hall–Kier alpha value is -1.65. The van der Waals surface area contributed by atoms with Gasteiger partial charge in [-0.05, 0) is 36.8 Å². The van der Waals surface area contributed by atoms with E-state index in [1.807, 2.05) is 19.1 Å². The zero-order valence-corrected chi connectivity index (χ0v) is 11.9. The minimum absolute atomic E-state index is 0.0753. The number of nitrogens with two attached hydrogens (primary N) is 1. The lowest BCUT2D eigenvalue weighted by Gasteiger charge is -2.08. The molecule has 106 valence electrons. The fourth-order valence-corrected chi connectivity index (χ4v) is 1.86. The highest BCUT2D eigenvalue weighted by Gasteiger charge is 2.03. The maximum Gasteiger partial charge on any atom is 0.142 e. The maximum absolute atomic E-state index is 13.3. The summed E-state index contributed by atoms with van der Waals surface area (Å²) in [6, 6.07) is 8.38. The van der Waals surface area contributed by atoms with E-state index in [4.69, 9.17) is 22.1 Å². The van der Waals surface area contributed by atoms with E-state index < -0.39 is 5.82 Å². The Morgan fingerprint density at radius 3 is 2.75 bits per heavy atom. The molecule has 1 aromatic heterocycles. The van der Waals surface area contributed by atoms with Gasteiger partial charge in [0.05, 0.1) is 11.2 Å². The maximum atomic E-state index is 13.3. The predicted molar refractivity (Wildman–Crippen MR) is 77.3 cm³/mol. The van der Waals surface area contributed by atoms with Gasteiger partial charge in [-0.25, -0.2) is 4.39 Å². The molecule has 0 bridgehead atoms. The van der Waals surface area contributed by atoms with Crippen molar-refractivity contribution < 1.29 is 9.13 Å². The summed E-state index contributed by atoms with van der Waals surface area (Å²) in [5.74, 6) is 0.187. The van der Waals surface area contributed by atoms with Crippen LogP contribution in [0.2, 0.25) is 5.02 Å². The first kappa shape index (κ1) is 14.8. The number of halogens is 2. The quantitative estimate of drug-likeness (QED) is 0.920. The molecule has 20 heavy (non-hydrogen) atoms. The van der Waals surface area contributed by atoms with Crippen LogP contribution in [0.5, 0.6) is 5.75 Å². The van der Waals surface area contributed by atoms with Crippen molar-refractivity contribution >= 4 is 11.6 Å². The molecule has 0 saturated heterocycles. The molecular weight excluding hydrogens is 279 g/mol. The fraction of sp³-hybridized carbons (Fsp3) is 0.267. The Kier molecular flexibility index (Phi) is 4.93. The number of hydrogen-bond acceptors (Lipinski definition) is 3. The summed E-state index contributed by atoms with van der Waals surface area (Å²) in [4.78, 5) is 4.26. The first-order valence-electron chi connectivity index (χ1n) is 6.32. The van der Waals surface area contributed by atoms with Crippen molar-refractivity contribution in [2.45, 2.75) is 26.0 Å². The van der Waals surface area contributed by atoms with Crippen molar-refractivity contribution in [2.75, 3.05) is 0 Å². The van der Waals surface area contributed by atoms with Gasteiger partial charge in [-0.2, -0.15) is 0 Å². The Morgan fingerprint density at radius 2 is 2.15 bits per heavy atom. The van der Waals surface area contributed by atoms with Crippen LogP contribution >= 0.6 is 11.6 Å². The average Bonchev–Trinajstić information content (AvgIpc) is 2.41. The Balaban J connectivity index is 1.95. The summed E-state index contributed by atoms with van der Waals surface area (Å²) in [6.45, 7) is 2.20. The molecule has 0 aliphatic heterocycles. The summed E-state index contributed by atoms with van der Waals surface area (Å²) in [7, 11) is 0. The van der Waals surface area contributed by atoms with Gasteiger partial charge in [0.1, 0.15) is 18.2 Å². The molecule has 1 atom stereocenters. The van der Waals surface area contributed by atoms with E-state index in [0.717, 1.165) is 12.1 Å². The van der Waals surface area contributed by atoms with Crippen LogP contribution in [0.1, 0.15) is 18.2 Å². The molecule has 1 aromatic carbocycles. The zero-order valence-electron chi connectivity index (χ0n) is 11.1. The third-order valence-corrected chi connectivity index (χ3v) is 3.02. The largest absolute Gasteiger partial charge is 0.487 e. The number of rotatable bonds is 5. The lowest BCUT2D eigenvalue weighted by atomic mass is 10.2. The van der Waals surface area contributed by atoms with E-state index in [1.54, 1.807) is 12.3 Å². The smallest absolute Gasteiger partial charge is 0.142 e. The van der Waals surface area contributed by atoms with Crippen molar-refractivity contribution in [3.63, 3.8) is 0 Å². The first-order chi connectivity index (χ1) is 9.54. The number of hydrogen-bond donors (Lipinski definition) is 1. The summed E-state index contributed by atoms with van der Waals surface area (Å²) in [6.07, 6.45) is 2.37. The average molecular weight is 295 g/mol. The Morgan fingerprint density at radius 1 is 1.35 bits per heavy atom. The molecule has 0 fully saturated rings. The molecule has 1 heterocycles. The third-order valence-electron chi connectivity index (χ3n) is 2.72. The minimum atomic E-state index is -0.446. The van der Waals surface area contributed by atoms with Crippen LogP contribution in [0, 0.1) is 5.82 Å². The van der Waals surface area contributed by atoms with Gasteiger partial charge in [0.15, 0.2) is 0 Å². The van der Waals surface area contributed by atoms with Crippen molar-refractivity contribution in [1.29, 1.82) is 0 Å². The molecule has 2 aromatic rings. The molecule has 2 N–H and O–H groups in total. The topological polar surface area (TPSA) is 48.1 Å². The lowest BCUT2D eigenvalue weighted by molar-refractivity contribution is 0.304. The zero-order chi connectivity index (χ0) is 14.5. The van der Waals surface area contributed by atoms with Gasteiger partial charge in [0.2, 0.25) is 0 Å². The highest BCUT2D eigenvalue weighted by Crippen LogP contribution is 2.17. The first-order valence-corrected chi connectivity index (χ1v) is 6.69. The van der Waals surface area contributed by atoms with Gasteiger partial charge in [0.25, 0.3) is 0 Å². The fourth-order valence-electron chi connectivity index (χ4n) is 1.74. The van der Waals surface area contributed by atoms with E-state index in [9.17, 15) is 4.39 Å². The third kappa shape index (κ3) is 4.18. The van der Waals surface area contributed by atoms with Gasteiger partial charge in [0, 0.05) is 18.2 Å². The van der Waals surface area contributed by atoms with Gasteiger partial charge in [-0.3, -0.25) is 4.98 Å². The van der Waals surface area contributed by atoms with E-state index in [2.05, 4.69) is 4.98 Å². The van der Waals surface area contributed by atoms with Crippen LogP contribution in [0.3, 0.4) is 0 Å². The summed E-state index contributed by atoms with van der Waals surface area (Å²) >= 11 is 5.62. The SMILES string of the molecule is CC(N)Cc1ccc(OCc2ccc(Cl)c(F)c2)cn1. The summed E-state index contributed by atoms with van der Waals surface area (Å²) < 4.78 is 18.8. The molecule has 0 radical (unpaired) electrons. The predicted octanol–water partition coefficient (Wildman–Crippen LogP) is 3.34. The number of nitrogens with zero attached hydrogens (tertiary/aromatic N) is 1. The highest BCUT2D eigenvalue weighted by molar-refractivity contribution is 6.30. The molecule has 1 unspecified atom stereocenters. The Bertz CT molecular complexity index is 573. The normalized spacial score (nSPS) is 12.2. The van der Waals surface area contributed by atoms with E-state index >= 15 is 0 Å². The molecule has 5 heteroatoms. The minimum Gasteiger partial charge on any atom is -0.487 e. The number of pyridine rings is 1. The number of benzene rings is 1. The van der Waals surface area contributed by atoms with E-state index in [-0.39, 0.29) is 17.7 Å². The van der Waals surface area contributed by atoms with Gasteiger partial charge in [-0.15, -0.1) is 0 Å². The molecular formula is C15H16ClFN2O. The van der Waals surface area contributed by atoms with Crippen LogP contribution in [-0.4, -0.2) is 11.0 Å². The highest BCUT2D eigenvalue weighted by atomic mass is 35.5. The number of aromatic nitrogens is 1. The second kappa shape index (κ2) is 6.68. The number of ether oxygens (including phenoxy) is 1. The van der Waals surface area contributed by atoms with Crippen LogP contribution in [0.15, 0.2) is 36.5 Å². The van der Waals surface area contributed by atoms with Crippen molar-refractivity contribution in [3.05, 3.63) is 58.6 Å². The molecule has 2 rings (SSSR count). The van der Waals surface area contributed by atoms with Crippen LogP contribution in [0.4, 0.5) is 4.39 Å². The molecule has 0 spiro atoms. The van der Waals surface area contributed by atoms with Crippen molar-refractivity contribution in [2.24, 2.45) is 5.73 Å². The molecule has 0 saturated carbocycles. The second-order valence-corrected chi connectivity index (χ2v) is 5.11. The van der Waals surface area contributed by atoms with Gasteiger partial charge < -0.3 is 10.5 Å². The van der Waals surface area contributed by atoms with Crippen molar-refractivity contribution in [3.8, 4) is 5.75 Å². The summed E-state index contributed by atoms with van der Waals surface area (Å²) in [5.41, 5.74) is 7.34. The van der Waals surface area contributed by atoms with E-state index in [1.165, 1.54) is 12.1 Å². The van der Waals surface area contributed by atoms with Crippen molar-refractivity contribution in [1.82, 2.24) is 4.98 Å². The van der Waals surface area contributed by atoms with Gasteiger partial charge >= 0.3 is 0 Å². The molecule has 0 aliphatic carbocycles. The van der Waals surface area contributed by atoms with Gasteiger partial charge in [-0.1, -0.05) is 17.7 Å². The monoisotopic (exact) mass is 294 g/mol. The second-order valence-electron chi connectivity index (χ2n) is 4.70. The molecule has 0 aliphatic rings. The lowest BCUT2D eigenvalue weighted by Crippen LogP contribution is -2.18. The van der Waals surface area contributed by atoms with Crippen LogP contribution in [0.25, 0.3) is 0 Å².